The second kappa shape index (κ2) is 7.10. The monoisotopic (exact) mass is 275 g/mol. The molecule has 20 heavy (non-hydrogen) atoms. The van der Waals surface area contributed by atoms with Gasteiger partial charge in [0.1, 0.15) is 5.75 Å². The molecule has 0 bridgehead atoms. The van der Waals surface area contributed by atoms with Crippen molar-refractivity contribution in [3.05, 3.63) is 35.9 Å². The van der Waals surface area contributed by atoms with Crippen LogP contribution in [0.5, 0.6) is 5.75 Å². The van der Waals surface area contributed by atoms with E-state index in [4.69, 9.17) is 4.74 Å². The topological polar surface area (TPSA) is 58.6 Å². The Morgan fingerprint density at radius 1 is 1.40 bits per heavy atom. The average molecular weight is 275 g/mol. The number of carbonyl (C=O) groups excluding carboxylic acids is 1. The zero-order valence-electron chi connectivity index (χ0n) is 11.7. The normalized spacial score (nSPS) is 22.7. The fourth-order valence-corrected chi connectivity index (χ4v) is 2.43. The molecule has 2 rings (SSSR count). The Kier molecular flexibility index (Phi) is 5.18. The van der Waals surface area contributed by atoms with Gasteiger partial charge in [-0.3, -0.25) is 4.79 Å². The van der Waals surface area contributed by atoms with Crippen LogP contribution < -0.4 is 10.1 Å². The number of nitrogens with one attached hydrogen (secondary N) is 1. The minimum absolute atomic E-state index is 0.119. The van der Waals surface area contributed by atoms with Gasteiger partial charge in [-0.15, -0.1) is 0 Å². The molecule has 0 heterocycles. The van der Waals surface area contributed by atoms with Crippen LogP contribution in [0.1, 0.15) is 31.2 Å². The first-order valence-electron chi connectivity index (χ1n) is 7.00. The van der Waals surface area contributed by atoms with Crippen LogP contribution in [0.2, 0.25) is 0 Å². The van der Waals surface area contributed by atoms with Gasteiger partial charge in [-0.2, -0.15) is 0 Å². The summed E-state index contributed by atoms with van der Waals surface area (Å²) in [6.07, 6.45) is 6.53. The highest BCUT2D eigenvalue weighted by Crippen LogP contribution is 2.18. The lowest BCUT2D eigenvalue weighted by Gasteiger charge is -2.27. The molecule has 0 saturated heterocycles. The average Bonchev–Trinajstić information content (AvgIpc) is 2.48. The van der Waals surface area contributed by atoms with E-state index in [9.17, 15) is 9.90 Å². The third-order valence-corrected chi connectivity index (χ3v) is 3.58. The first-order chi connectivity index (χ1) is 9.69. The van der Waals surface area contributed by atoms with E-state index in [1.54, 1.807) is 13.2 Å². The molecule has 0 aliphatic heterocycles. The van der Waals surface area contributed by atoms with Crippen LogP contribution in [0, 0.1) is 0 Å². The molecule has 0 unspecified atom stereocenters. The summed E-state index contributed by atoms with van der Waals surface area (Å²) in [6.45, 7) is 0. The van der Waals surface area contributed by atoms with Crippen molar-refractivity contribution in [2.45, 2.75) is 37.8 Å². The Hall–Kier alpha value is -1.81. The van der Waals surface area contributed by atoms with Crippen LogP contribution in [-0.2, 0) is 4.79 Å². The van der Waals surface area contributed by atoms with E-state index in [1.807, 2.05) is 24.3 Å². The number of hydrogen-bond donors (Lipinski definition) is 2. The van der Waals surface area contributed by atoms with Crippen LogP contribution in [0.3, 0.4) is 0 Å². The molecule has 4 nitrogen and oxygen atoms in total. The van der Waals surface area contributed by atoms with Gasteiger partial charge in [0, 0.05) is 6.08 Å². The molecule has 0 spiro atoms. The molecule has 0 aromatic heterocycles. The molecule has 108 valence electrons. The molecule has 2 atom stereocenters. The highest BCUT2D eigenvalue weighted by Gasteiger charge is 2.23. The predicted octanol–water partition coefficient (Wildman–Crippen LogP) is 2.13. The lowest BCUT2D eigenvalue weighted by atomic mass is 9.92. The van der Waals surface area contributed by atoms with Crippen LogP contribution in [0.25, 0.3) is 6.08 Å². The number of aliphatic hydroxyl groups is 1. The quantitative estimate of drug-likeness (QED) is 0.828. The van der Waals surface area contributed by atoms with Gasteiger partial charge in [-0.05, 0) is 36.6 Å². The Bertz CT molecular complexity index is 484. The summed E-state index contributed by atoms with van der Waals surface area (Å²) in [7, 11) is 1.61. The molecular weight excluding hydrogens is 254 g/mol. The highest BCUT2D eigenvalue weighted by molar-refractivity contribution is 5.92. The Morgan fingerprint density at radius 3 is 2.95 bits per heavy atom. The first-order valence-corrected chi connectivity index (χ1v) is 7.00. The second-order valence-electron chi connectivity index (χ2n) is 5.08. The Labute approximate surface area is 119 Å². The number of carbonyl (C=O) groups is 1. The van der Waals surface area contributed by atoms with Gasteiger partial charge in [0.15, 0.2) is 0 Å². The molecule has 1 aromatic rings. The fraction of sp³-hybridized carbons (Fsp3) is 0.438. The van der Waals surface area contributed by atoms with Gasteiger partial charge >= 0.3 is 0 Å². The standard InChI is InChI=1S/C16H21NO3/c1-20-13-6-4-5-12(11-13)9-10-16(19)17-14-7-2-3-8-15(14)18/h4-6,9-11,14-15,18H,2-3,7-8H2,1H3,(H,17,19)/b10-9+/t14-,15-/m1/s1. The maximum absolute atomic E-state index is 11.8. The SMILES string of the molecule is COc1cccc(/C=C/C(=O)N[C@@H]2CCCC[C@H]2O)c1. The zero-order chi connectivity index (χ0) is 14.4. The van der Waals surface area contributed by atoms with Crippen LogP contribution in [0.4, 0.5) is 0 Å². The molecule has 0 radical (unpaired) electrons. The molecule has 1 amide bonds. The summed E-state index contributed by atoms with van der Waals surface area (Å²) in [5, 5.41) is 12.7. The summed E-state index contributed by atoms with van der Waals surface area (Å²) in [5.74, 6) is 0.592. The number of aliphatic hydroxyl groups excluding tert-OH is 1. The minimum Gasteiger partial charge on any atom is -0.497 e. The van der Waals surface area contributed by atoms with Gasteiger partial charge < -0.3 is 15.2 Å². The number of rotatable bonds is 4. The highest BCUT2D eigenvalue weighted by atomic mass is 16.5. The third-order valence-electron chi connectivity index (χ3n) is 3.58. The van der Waals surface area contributed by atoms with E-state index in [1.165, 1.54) is 6.08 Å². The summed E-state index contributed by atoms with van der Waals surface area (Å²) in [4.78, 5) is 11.8. The van der Waals surface area contributed by atoms with Crippen LogP contribution in [0.15, 0.2) is 30.3 Å². The summed E-state index contributed by atoms with van der Waals surface area (Å²) >= 11 is 0. The van der Waals surface area contributed by atoms with Crippen molar-refractivity contribution in [1.29, 1.82) is 0 Å². The number of methoxy groups -OCH3 is 1. The van der Waals surface area contributed by atoms with Crippen molar-refractivity contribution in [3.63, 3.8) is 0 Å². The van der Waals surface area contributed by atoms with Gasteiger partial charge in [-0.25, -0.2) is 0 Å². The Balaban J connectivity index is 1.91. The van der Waals surface area contributed by atoms with E-state index in [-0.39, 0.29) is 11.9 Å². The molecule has 1 aliphatic rings. The van der Waals surface area contributed by atoms with Crippen molar-refractivity contribution in [1.82, 2.24) is 5.32 Å². The first kappa shape index (κ1) is 14.6. The maximum Gasteiger partial charge on any atom is 0.244 e. The molecule has 1 saturated carbocycles. The maximum atomic E-state index is 11.8. The number of hydrogen-bond acceptors (Lipinski definition) is 3. The summed E-state index contributed by atoms with van der Waals surface area (Å²) in [5.41, 5.74) is 0.906. The van der Waals surface area contributed by atoms with Crippen molar-refractivity contribution >= 4 is 12.0 Å². The molecular formula is C16H21NO3. The summed E-state index contributed by atoms with van der Waals surface area (Å²) < 4.78 is 5.13. The number of amides is 1. The van der Waals surface area contributed by atoms with E-state index in [0.717, 1.165) is 37.0 Å². The van der Waals surface area contributed by atoms with Gasteiger partial charge in [-0.1, -0.05) is 25.0 Å². The van der Waals surface area contributed by atoms with Crippen molar-refractivity contribution in [2.75, 3.05) is 7.11 Å². The molecule has 4 heteroatoms. The molecule has 2 N–H and O–H groups in total. The van der Waals surface area contributed by atoms with Crippen molar-refractivity contribution < 1.29 is 14.6 Å². The zero-order valence-corrected chi connectivity index (χ0v) is 11.7. The van der Waals surface area contributed by atoms with E-state index < -0.39 is 6.10 Å². The van der Waals surface area contributed by atoms with E-state index >= 15 is 0 Å². The Morgan fingerprint density at radius 2 is 2.20 bits per heavy atom. The summed E-state index contributed by atoms with van der Waals surface area (Å²) in [6, 6.07) is 7.38. The molecule has 1 aliphatic carbocycles. The van der Waals surface area contributed by atoms with E-state index in [0.29, 0.717) is 0 Å². The fourth-order valence-electron chi connectivity index (χ4n) is 2.43. The largest absolute Gasteiger partial charge is 0.497 e. The molecule has 1 fully saturated rings. The lowest BCUT2D eigenvalue weighted by Crippen LogP contribution is -2.44. The predicted molar refractivity (Wildman–Crippen MR) is 78.4 cm³/mol. The van der Waals surface area contributed by atoms with Crippen LogP contribution >= 0.6 is 0 Å². The van der Waals surface area contributed by atoms with E-state index in [2.05, 4.69) is 5.32 Å². The molecule has 1 aromatic carbocycles. The number of benzene rings is 1. The van der Waals surface area contributed by atoms with Crippen molar-refractivity contribution in [2.24, 2.45) is 0 Å². The van der Waals surface area contributed by atoms with Crippen molar-refractivity contribution in [3.8, 4) is 5.75 Å². The number of ether oxygens (including phenoxy) is 1. The van der Waals surface area contributed by atoms with Gasteiger partial charge in [0.05, 0.1) is 19.3 Å². The van der Waals surface area contributed by atoms with Gasteiger partial charge in [0.2, 0.25) is 5.91 Å². The van der Waals surface area contributed by atoms with Crippen LogP contribution in [-0.4, -0.2) is 30.3 Å². The smallest absolute Gasteiger partial charge is 0.244 e. The second-order valence-corrected chi connectivity index (χ2v) is 5.08. The third kappa shape index (κ3) is 4.10. The minimum atomic E-state index is -0.419. The van der Waals surface area contributed by atoms with Gasteiger partial charge in [0.25, 0.3) is 0 Å². The lowest BCUT2D eigenvalue weighted by molar-refractivity contribution is -0.118.